The maximum absolute atomic E-state index is 11.6. The summed E-state index contributed by atoms with van der Waals surface area (Å²) in [5, 5.41) is 11.1. The van der Waals surface area contributed by atoms with E-state index in [2.05, 4.69) is 17.9 Å². The van der Waals surface area contributed by atoms with E-state index in [-0.39, 0.29) is 0 Å². The Morgan fingerprint density at radius 2 is 1.73 bits per heavy atom. The van der Waals surface area contributed by atoms with Crippen LogP contribution in [0.4, 0.5) is 0 Å². The summed E-state index contributed by atoms with van der Waals surface area (Å²) in [6, 6.07) is -0.862. The molecule has 0 saturated heterocycles. The Kier molecular flexibility index (Phi) is 4.18. The van der Waals surface area contributed by atoms with Crippen LogP contribution in [0.15, 0.2) is 0 Å². The average molecular weight is 234 g/mol. The van der Waals surface area contributed by atoms with E-state index in [1.54, 1.807) is 13.8 Å². The molecule has 0 aromatic carbocycles. The molecule has 0 aliphatic heterocycles. The van der Waals surface area contributed by atoms with Gasteiger partial charge in [-0.3, -0.25) is 4.79 Å². The molecule has 0 heterocycles. The van der Waals surface area contributed by atoms with Crippen LogP contribution in [0.1, 0.15) is 27.7 Å². The Hall–Kier alpha value is -0.750. The van der Waals surface area contributed by atoms with Gasteiger partial charge in [-0.05, 0) is 27.7 Å². The van der Waals surface area contributed by atoms with Gasteiger partial charge in [-0.15, -0.1) is 0 Å². The number of carbonyl (C=O) groups excluding carboxylic acids is 1. The van der Waals surface area contributed by atoms with E-state index < -0.39 is 28.2 Å². The molecule has 0 unspecified atom stereocenters. The van der Waals surface area contributed by atoms with Gasteiger partial charge in [0, 0.05) is 4.75 Å². The molecule has 0 aromatic rings. The molecule has 88 valence electrons. The second kappa shape index (κ2) is 4.40. The van der Waals surface area contributed by atoms with Crippen LogP contribution in [0.2, 0.25) is 0 Å². The molecule has 0 aliphatic carbocycles. The Bertz CT molecular complexity index is 271. The Balaban J connectivity index is 4.58. The molecule has 0 saturated carbocycles. The Labute approximate surface area is 94.8 Å². The minimum Gasteiger partial charge on any atom is -0.480 e. The van der Waals surface area contributed by atoms with Gasteiger partial charge in [0.1, 0.15) is 5.54 Å². The highest BCUT2D eigenvalue weighted by Crippen LogP contribution is 2.16. The van der Waals surface area contributed by atoms with E-state index in [1.807, 2.05) is 0 Å². The smallest absolute Gasteiger partial charge is 0.328 e. The van der Waals surface area contributed by atoms with Crippen molar-refractivity contribution in [3.05, 3.63) is 0 Å². The molecule has 0 spiro atoms. The van der Waals surface area contributed by atoms with E-state index in [9.17, 15) is 9.59 Å². The molecule has 0 radical (unpaired) electrons. The van der Waals surface area contributed by atoms with E-state index in [0.29, 0.717) is 0 Å². The van der Waals surface area contributed by atoms with E-state index in [4.69, 9.17) is 10.8 Å². The average Bonchev–Trinajstić information content (AvgIpc) is 2.00. The van der Waals surface area contributed by atoms with Gasteiger partial charge < -0.3 is 16.2 Å². The lowest BCUT2D eigenvalue weighted by Crippen LogP contribution is -2.58. The molecule has 0 aromatic heterocycles. The van der Waals surface area contributed by atoms with Crippen molar-refractivity contribution < 1.29 is 14.7 Å². The number of carbonyl (C=O) groups is 2. The lowest BCUT2D eigenvalue weighted by molar-refractivity contribution is -0.146. The lowest BCUT2D eigenvalue weighted by Gasteiger charge is -2.29. The third-order valence-corrected chi connectivity index (χ3v) is 2.29. The van der Waals surface area contributed by atoms with Crippen molar-refractivity contribution in [1.29, 1.82) is 0 Å². The highest BCUT2D eigenvalue weighted by molar-refractivity contribution is 7.81. The number of nitrogens with one attached hydrogen (secondary N) is 1. The number of thiol groups is 1. The summed E-state index contributed by atoms with van der Waals surface area (Å²) in [6.45, 7) is 6.17. The number of carboxylic acids is 1. The Morgan fingerprint density at radius 3 is 2.00 bits per heavy atom. The van der Waals surface area contributed by atoms with Gasteiger partial charge in [-0.2, -0.15) is 12.6 Å². The van der Waals surface area contributed by atoms with E-state index in [0.717, 1.165) is 0 Å². The number of hydrogen-bond donors (Lipinski definition) is 4. The van der Waals surface area contributed by atoms with Gasteiger partial charge in [-0.1, -0.05) is 0 Å². The van der Waals surface area contributed by atoms with Crippen LogP contribution in [-0.2, 0) is 9.59 Å². The second-order valence-corrected chi connectivity index (χ2v) is 5.70. The zero-order valence-corrected chi connectivity index (χ0v) is 10.3. The SMILES string of the molecule is CC(C)(NC(=O)[C@H](N)C(C)(C)S)C(=O)O. The maximum atomic E-state index is 11.6. The normalized spacial score (nSPS) is 14.5. The summed E-state index contributed by atoms with van der Waals surface area (Å²) in [5.74, 6) is -1.64. The van der Waals surface area contributed by atoms with Crippen molar-refractivity contribution in [3.63, 3.8) is 0 Å². The predicted octanol–water partition coefficient (Wildman–Crippen LogP) is 0.00150. The third kappa shape index (κ3) is 4.09. The zero-order valence-electron chi connectivity index (χ0n) is 9.37. The molecule has 1 amide bonds. The lowest BCUT2D eigenvalue weighted by atomic mass is 10.0. The summed E-state index contributed by atoms with van der Waals surface area (Å²) < 4.78 is -0.696. The van der Waals surface area contributed by atoms with Crippen molar-refractivity contribution in [3.8, 4) is 0 Å². The molecular weight excluding hydrogens is 216 g/mol. The molecule has 0 fully saturated rings. The molecule has 0 bridgehead atoms. The monoisotopic (exact) mass is 234 g/mol. The first-order chi connectivity index (χ1) is 6.48. The first kappa shape index (κ1) is 14.2. The van der Waals surface area contributed by atoms with Gasteiger partial charge >= 0.3 is 5.97 Å². The van der Waals surface area contributed by atoms with Crippen LogP contribution in [0, 0.1) is 0 Å². The van der Waals surface area contributed by atoms with Crippen molar-refractivity contribution in [2.75, 3.05) is 0 Å². The van der Waals surface area contributed by atoms with Crippen molar-refractivity contribution >= 4 is 24.5 Å². The minimum absolute atomic E-state index is 0.526. The second-order valence-electron chi connectivity index (χ2n) is 4.55. The van der Waals surface area contributed by atoms with Crippen molar-refractivity contribution in [1.82, 2.24) is 5.32 Å². The van der Waals surface area contributed by atoms with E-state index in [1.165, 1.54) is 13.8 Å². The van der Waals surface area contributed by atoms with Crippen LogP contribution in [0.25, 0.3) is 0 Å². The topological polar surface area (TPSA) is 92.4 Å². The first-order valence-corrected chi connectivity index (χ1v) is 4.96. The highest BCUT2D eigenvalue weighted by atomic mass is 32.1. The fraction of sp³-hybridized carbons (Fsp3) is 0.778. The van der Waals surface area contributed by atoms with Gasteiger partial charge in [0.15, 0.2) is 0 Å². The molecule has 4 N–H and O–H groups in total. The predicted molar refractivity (Wildman–Crippen MR) is 60.9 cm³/mol. The molecule has 0 rings (SSSR count). The molecule has 1 atom stereocenters. The van der Waals surface area contributed by atoms with Gasteiger partial charge in [-0.25, -0.2) is 4.79 Å². The van der Waals surface area contributed by atoms with Gasteiger partial charge in [0.2, 0.25) is 5.91 Å². The van der Waals surface area contributed by atoms with Crippen LogP contribution in [-0.4, -0.2) is 33.3 Å². The summed E-state index contributed by atoms with van der Waals surface area (Å²) in [7, 11) is 0. The fourth-order valence-electron chi connectivity index (χ4n) is 0.760. The van der Waals surface area contributed by atoms with Crippen LogP contribution >= 0.6 is 12.6 Å². The Morgan fingerprint density at radius 1 is 1.33 bits per heavy atom. The van der Waals surface area contributed by atoms with Gasteiger partial charge in [0.25, 0.3) is 0 Å². The third-order valence-electron chi connectivity index (χ3n) is 2.01. The highest BCUT2D eigenvalue weighted by Gasteiger charge is 2.35. The number of carboxylic acid groups (broad SMARTS) is 1. The standard InChI is InChI=1S/C9H18N2O3S/c1-8(2,7(13)14)11-6(12)5(10)9(3,4)15/h5,15H,10H2,1-4H3,(H,11,12)(H,13,14)/t5-/m0/s1. The van der Waals surface area contributed by atoms with Crippen LogP contribution in [0.5, 0.6) is 0 Å². The maximum Gasteiger partial charge on any atom is 0.328 e. The molecule has 15 heavy (non-hydrogen) atoms. The zero-order chi connectivity index (χ0) is 12.4. The summed E-state index contributed by atoms with van der Waals surface area (Å²) >= 11 is 4.16. The molecule has 6 heteroatoms. The number of amides is 1. The fourth-order valence-corrected chi connectivity index (χ4v) is 0.877. The summed E-state index contributed by atoms with van der Waals surface area (Å²) in [4.78, 5) is 22.3. The quantitative estimate of drug-likeness (QED) is 0.515. The van der Waals surface area contributed by atoms with Crippen LogP contribution in [0.3, 0.4) is 0 Å². The summed E-state index contributed by atoms with van der Waals surface area (Å²) in [6.07, 6.45) is 0. The number of nitrogens with two attached hydrogens (primary N) is 1. The summed E-state index contributed by atoms with van der Waals surface area (Å²) in [5.41, 5.74) is 4.29. The van der Waals surface area contributed by atoms with Gasteiger partial charge in [0.05, 0.1) is 6.04 Å². The molecule has 5 nitrogen and oxygen atoms in total. The van der Waals surface area contributed by atoms with Crippen molar-refractivity contribution in [2.24, 2.45) is 5.73 Å². The van der Waals surface area contributed by atoms with Crippen molar-refractivity contribution in [2.45, 2.75) is 44.0 Å². The molecular formula is C9H18N2O3S. The number of rotatable bonds is 4. The number of aliphatic carboxylic acids is 1. The number of hydrogen-bond acceptors (Lipinski definition) is 4. The molecule has 0 aliphatic rings. The first-order valence-electron chi connectivity index (χ1n) is 4.52. The largest absolute Gasteiger partial charge is 0.480 e. The van der Waals surface area contributed by atoms with E-state index >= 15 is 0 Å². The minimum atomic E-state index is -1.33. The van der Waals surface area contributed by atoms with Crippen LogP contribution < -0.4 is 11.1 Å².